The minimum Gasteiger partial charge on any atom is -0.482 e. The van der Waals surface area contributed by atoms with Crippen molar-refractivity contribution in [1.82, 2.24) is 4.90 Å². The molecule has 1 atom stereocenters. The van der Waals surface area contributed by atoms with Crippen molar-refractivity contribution in [3.63, 3.8) is 0 Å². The number of ether oxygens (including phenoxy) is 2. The van der Waals surface area contributed by atoms with Crippen LogP contribution >= 0.6 is 23.5 Å². The molecule has 1 fully saturated rings. The Balaban J connectivity index is 1.20. The molecule has 1 aromatic rings. The Bertz CT molecular complexity index is 1110. The Labute approximate surface area is 297 Å². The van der Waals surface area contributed by atoms with Crippen LogP contribution in [0.3, 0.4) is 0 Å². The topological polar surface area (TPSA) is 38.8 Å². The molecule has 3 aliphatic heterocycles. The van der Waals surface area contributed by atoms with Gasteiger partial charge in [-0.15, -0.1) is 11.8 Å². The maximum Gasteiger partial charge on any atom is 0.311 e. The van der Waals surface area contributed by atoms with Crippen LogP contribution in [-0.4, -0.2) is 53.4 Å². The zero-order chi connectivity index (χ0) is 33.3. The van der Waals surface area contributed by atoms with Crippen molar-refractivity contribution in [3.8, 4) is 11.5 Å². The van der Waals surface area contributed by atoms with Gasteiger partial charge in [0, 0.05) is 41.7 Å². The molecule has 1 unspecified atom stereocenters. The summed E-state index contributed by atoms with van der Waals surface area (Å²) in [5.74, 6) is 5.39. The summed E-state index contributed by atoms with van der Waals surface area (Å²) in [5, 5.41) is 0. The first kappa shape index (κ1) is 38.7. The third-order valence-electron chi connectivity index (χ3n) is 10.4. The van der Waals surface area contributed by atoms with Gasteiger partial charge < -0.3 is 14.4 Å². The molecule has 0 amide bonds. The summed E-state index contributed by atoms with van der Waals surface area (Å²) in [4.78, 5) is 17.0. The SMILES string of the molecule is CCCCCCCCCCCCCCCCCCC(C)c1cc(OC(=O)CCCN2CCSCC2)c2c(c1)OC(C)(C)C1=C2CCS1. The third kappa shape index (κ3) is 12.9. The summed E-state index contributed by atoms with van der Waals surface area (Å²) in [5.41, 5.74) is 3.26. The highest BCUT2D eigenvalue weighted by molar-refractivity contribution is 8.03. The maximum absolute atomic E-state index is 13.2. The number of rotatable bonds is 23. The van der Waals surface area contributed by atoms with E-state index in [0.29, 0.717) is 12.3 Å². The summed E-state index contributed by atoms with van der Waals surface area (Å²) in [7, 11) is 0. The van der Waals surface area contributed by atoms with E-state index in [2.05, 4.69) is 44.7 Å². The smallest absolute Gasteiger partial charge is 0.311 e. The normalized spacial score (nSPS) is 18.1. The van der Waals surface area contributed by atoms with Gasteiger partial charge in [-0.1, -0.05) is 117 Å². The highest BCUT2D eigenvalue weighted by atomic mass is 32.2. The molecule has 47 heavy (non-hydrogen) atoms. The number of hydrogen-bond acceptors (Lipinski definition) is 6. The fourth-order valence-corrected chi connectivity index (χ4v) is 9.77. The molecule has 3 heterocycles. The minimum absolute atomic E-state index is 0.112. The maximum atomic E-state index is 13.2. The van der Waals surface area contributed by atoms with Gasteiger partial charge in [0.05, 0.1) is 5.56 Å². The molecule has 0 bridgehead atoms. The van der Waals surface area contributed by atoms with E-state index in [9.17, 15) is 4.79 Å². The third-order valence-corrected chi connectivity index (χ3v) is 12.8. The molecule has 3 aliphatic rings. The van der Waals surface area contributed by atoms with Gasteiger partial charge in [-0.05, 0) is 68.8 Å². The van der Waals surface area contributed by atoms with Gasteiger partial charge in [0.15, 0.2) is 0 Å². The zero-order valence-corrected chi connectivity index (χ0v) is 32.2. The standard InChI is InChI=1S/C41H67NO3S2/c1-5-6-7-8-9-10-11-12-13-14-15-16-17-18-19-20-22-33(2)34-31-36(44-38(43)23-21-25-42-26-29-46-30-27-42)39-35-24-28-47-40(35)41(3,4)45-37(39)32-34/h31-33H,5-30H2,1-4H3. The van der Waals surface area contributed by atoms with E-state index in [1.807, 2.05) is 23.5 Å². The monoisotopic (exact) mass is 685 g/mol. The van der Waals surface area contributed by atoms with E-state index in [4.69, 9.17) is 9.47 Å². The van der Waals surface area contributed by atoms with E-state index >= 15 is 0 Å². The van der Waals surface area contributed by atoms with Crippen molar-refractivity contribution in [2.75, 3.05) is 36.9 Å². The van der Waals surface area contributed by atoms with E-state index in [1.54, 1.807) is 0 Å². The highest BCUT2D eigenvalue weighted by Crippen LogP contribution is 2.54. The molecule has 0 spiro atoms. The van der Waals surface area contributed by atoms with Crippen LogP contribution in [0.4, 0.5) is 0 Å². The van der Waals surface area contributed by atoms with E-state index in [1.165, 1.54) is 130 Å². The molecule has 266 valence electrons. The molecule has 0 N–H and O–H groups in total. The Morgan fingerprint density at radius 1 is 0.851 bits per heavy atom. The Morgan fingerprint density at radius 3 is 2.06 bits per heavy atom. The van der Waals surface area contributed by atoms with Crippen LogP contribution in [0.1, 0.15) is 173 Å². The number of nitrogens with zero attached hydrogens (tertiary/aromatic N) is 1. The molecule has 0 saturated carbocycles. The molecular formula is C41H67NO3S2. The van der Waals surface area contributed by atoms with Gasteiger partial charge in [-0.3, -0.25) is 4.79 Å². The quantitative estimate of drug-likeness (QED) is 0.0648. The van der Waals surface area contributed by atoms with Gasteiger partial charge in [-0.2, -0.15) is 11.8 Å². The number of esters is 1. The predicted molar refractivity (Wildman–Crippen MR) is 206 cm³/mol. The van der Waals surface area contributed by atoms with Crippen LogP contribution in [0.25, 0.3) is 5.57 Å². The lowest BCUT2D eigenvalue weighted by Crippen LogP contribution is -2.33. The van der Waals surface area contributed by atoms with Crippen molar-refractivity contribution in [2.24, 2.45) is 0 Å². The highest BCUT2D eigenvalue weighted by Gasteiger charge is 2.40. The fourth-order valence-electron chi connectivity index (χ4n) is 7.52. The summed E-state index contributed by atoms with van der Waals surface area (Å²) in [6.45, 7) is 12.2. The molecule has 4 rings (SSSR count). The molecule has 1 aromatic carbocycles. The zero-order valence-electron chi connectivity index (χ0n) is 30.6. The largest absolute Gasteiger partial charge is 0.482 e. The number of carbonyl (C=O) groups is 1. The summed E-state index contributed by atoms with van der Waals surface area (Å²) < 4.78 is 12.9. The number of thioether (sulfide) groups is 2. The lowest BCUT2D eigenvalue weighted by Gasteiger charge is -2.35. The number of carbonyl (C=O) groups excluding carboxylic acids is 1. The minimum atomic E-state index is -0.340. The summed E-state index contributed by atoms with van der Waals surface area (Å²) >= 11 is 3.93. The molecule has 4 nitrogen and oxygen atoms in total. The second-order valence-electron chi connectivity index (χ2n) is 14.9. The van der Waals surface area contributed by atoms with Crippen LogP contribution in [0.2, 0.25) is 0 Å². The van der Waals surface area contributed by atoms with E-state index in [0.717, 1.165) is 61.7 Å². The average Bonchev–Trinajstić information content (AvgIpc) is 3.56. The number of unbranched alkanes of at least 4 members (excludes halogenated alkanes) is 15. The van der Waals surface area contributed by atoms with Gasteiger partial charge in [-0.25, -0.2) is 0 Å². The molecular weight excluding hydrogens is 619 g/mol. The second-order valence-corrected chi connectivity index (χ2v) is 17.3. The van der Waals surface area contributed by atoms with Crippen molar-refractivity contribution >= 4 is 35.1 Å². The van der Waals surface area contributed by atoms with Crippen LogP contribution < -0.4 is 9.47 Å². The number of allylic oxidation sites excluding steroid dienone is 1. The van der Waals surface area contributed by atoms with Crippen LogP contribution in [0, 0.1) is 0 Å². The lowest BCUT2D eigenvalue weighted by atomic mass is 9.88. The number of benzene rings is 1. The van der Waals surface area contributed by atoms with Crippen molar-refractivity contribution < 1.29 is 14.3 Å². The number of hydrogen-bond donors (Lipinski definition) is 0. The van der Waals surface area contributed by atoms with Crippen LogP contribution in [-0.2, 0) is 4.79 Å². The molecule has 0 radical (unpaired) electrons. The average molecular weight is 686 g/mol. The van der Waals surface area contributed by atoms with E-state index in [-0.39, 0.29) is 11.6 Å². The molecule has 6 heteroatoms. The van der Waals surface area contributed by atoms with Crippen LogP contribution in [0.5, 0.6) is 11.5 Å². The first-order valence-electron chi connectivity index (χ1n) is 19.6. The first-order valence-corrected chi connectivity index (χ1v) is 21.8. The van der Waals surface area contributed by atoms with Gasteiger partial charge in [0.1, 0.15) is 17.1 Å². The van der Waals surface area contributed by atoms with E-state index < -0.39 is 0 Å². The van der Waals surface area contributed by atoms with Gasteiger partial charge >= 0.3 is 5.97 Å². The molecule has 1 saturated heterocycles. The summed E-state index contributed by atoms with van der Waals surface area (Å²) in [6.07, 6.45) is 25.8. The van der Waals surface area contributed by atoms with Crippen LogP contribution in [0.15, 0.2) is 17.0 Å². The van der Waals surface area contributed by atoms with Crippen molar-refractivity contribution in [3.05, 3.63) is 28.2 Å². The van der Waals surface area contributed by atoms with Crippen molar-refractivity contribution in [1.29, 1.82) is 0 Å². The summed E-state index contributed by atoms with van der Waals surface area (Å²) in [6, 6.07) is 4.43. The Morgan fingerprint density at radius 2 is 1.45 bits per heavy atom. The Hall–Kier alpha value is -1.11. The van der Waals surface area contributed by atoms with Gasteiger partial charge in [0.2, 0.25) is 0 Å². The Kier molecular flexibility index (Phi) is 17.4. The second kappa shape index (κ2) is 21.2. The predicted octanol–water partition coefficient (Wildman–Crippen LogP) is 12.2. The molecule has 0 aliphatic carbocycles. The van der Waals surface area contributed by atoms with Gasteiger partial charge in [0.25, 0.3) is 0 Å². The lowest BCUT2D eigenvalue weighted by molar-refractivity contribution is -0.134. The number of fused-ring (bicyclic) bond motifs is 2. The first-order chi connectivity index (χ1) is 22.9. The van der Waals surface area contributed by atoms with Crippen molar-refractivity contribution in [2.45, 2.75) is 168 Å². The fraction of sp³-hybridized carbons (Fsp3) is 0.780. The molecule has 0 aromatic heterocycles.